The number of carbonyl (C=O) groups is 1. The van der Waals surface area contributed by atoms with Crippen LogP contribution in [0, 0.1) is 34.6 Å². The number of amides is 1. The van der Waals surface area contributed by atoms with Crippen LogP contribution in [-0.2, 0) is 10.5 Å². The minimum absolute atomic E-state index is 0.0638. The van der Waals surface area contributed by atoms with Crippen LogP contribution in [0.15, 0.2) is 28.7 Å². The van der Waals surface area contributed by atoms with Crippen LogP contribution < -0.4 is 4.90 Å². The lowest BCUT2D eigenvalue weighted by Gasteiger charge is -2.19. The molecule has 0 bridgehead atoms. The minimum atomic E-state index is -0.0638. The van der Waals surface area contributed by atoms with Crippen molar-refractivity contribution in [1.82, 2.24) is 24.6 Å². The maximum atomic E-state index is 12.4. The average molecular weight is 453 g/mol. The van der Waals surface area contributed by atoms with E-state index in [0.29, 0.717) is 21.8 Å². The first-order valence-corrected chi connectivity index (χ1v) is 11.8. The molecule has 0 saturated carbocycles. The van der Waals surface area contributed by atoms with Crippen molar-refractivity contribution in [2.45, 2.75) is 52.5 Å². The largest absolute Gasteiger partial charge is 0.274 e. The summed E-state index contributed by atoms with van der Waals surface area (Å²) in [5, 5.41) is 7.89. The molecule has 0 radical (unpaired) electrons. The van der Waals surface area contributed by atoms with Crippen LogP contribution in [0.3, 0.4) is 0 Å². The topological polar surface area (TPSA) is 76.3 Å². The molecule has 7 nitrogen and oxygen atoms in total. The van der Waals surface area contributed by atoms with E-state index in [-0.39, 0.29) is 5.91 Å². The third-order valence-corrected chi connectivity index (χ3v) is 7.13. The van der Waals surface area contributed by atoms with E-state index in [1.807, 2.05) is 51.3 Å². The Kier molecular flexibility index (Phi) is 5.81. The first-order valence-electron chi connectivity index (χ1n) is 9.90. The van der Waals surface area contributed by atoms with Gasteiger partial charge in [-0.3, -0.25) is 9.69 Å². The molecule has 0 aliphatic heterocycles. The van der Waals surface area contributed by atoms with E-state index in [4.69, 9.17) is 4.98 Å². The number of benzene rings is 1. The first-order chi connectivity index (χ1) is 14.7. The second-order valence-corrected chi connectivity index (χ2v) is 9.33. The molecule has 0 unspecified atom stereocenters. The number of fused-ring (bicyclic) bond motifs is 1. The summed E-state index contributed by atoms with van der Waals surface area (Å²) in [7, 11) is 0. The van der Waals surface area contributed by atoms with Gasteiger partial charge in [0.15, 0.2) is 5.13 Å². The molecule has 0 aliphatic carbocycles. The number of hydrogen-bond acceptors (Lipinski definition) is 7. The fourth-order valence-electron chi connectivity index (χ4n) is 3.19. The van der Waals surface area contributed by atoms with Gasteiger partial charge in [-0.05, 0) is 63.4 Å². The van der Waals surface area contributed by atoms with Gasteiger partial charge in [0, 0.05) is 29.4 Å². The van der Waals surface area contributed by atoms with Gasteiger partial charge in [-0.2, -0.15) is 4.98 Å². The van der Waals surface area contributed by atoms with Crippen molar-refractivity contribution in [3.8, 4) is 0 Å². The van der Waals surface area contributed by atoms with Crippen LogP contribution in [-0.4, -0.2) is 30.5 Å². The number of carbonyl (C=O) groups excluding carboxylic acids is 1. The van der Waals surface area contributed by atoms with Gasteiger partial charge in [0.2, 0.25) is 11.1 Å². The van der Waals surface area contributed by atoms with Gasteiger partial charge in [0.25, 0.3) is 5.78 Å². The Labute approximate surface area is 189 Å². The number of rotatable bonds is 5. The van der Waals surface area contributed by atoms with Gasteiger partial charge in [0.1, 0.15) is 0 Å². The maximum absolute atomic E-state index is 12.4. The second-order valence-electron chi connectivity index (χ2n) is 7.55. The Bertz CT molecular complexity index is 1290. The summed E-state index contributed by atoms with van der Waals surface area (Å²) in [6.45, 7) is 11.7. The number of thiazole rings is 1. The Balaban J connectivity index is 1.54. The van der Waals surface area contributed by atoms with Crippen molar-refractivity contribution in [1.29, 1.82) is 0 Å². The number of nitrogens with zero attached hydrogens (tertiary/aromatic N) is 6. The van der Waals surface area contributed by atoms with Gasteiger partial charge in [-0.15, -0.1) is 16.4 Å². The van der Waals surface area contributed by atoms with Crippen molar-refractivity contribution in [3.05, 3.63) is 57.4 Å². The van der Waals surface area contributed by atoms with Crippen molar-refractivity contribution >= 4 is 45.6 Å². The highest BCUT2D eigenvalue weighted by Crippen LogP contribution is 2.32. The van der Waals surface area contributed by atoms with Gasteiger partial charge < -0.3 is 0 Å². The van der Waals surface area contributed by atoms with E-state index in [1.54, 1.807) is 16.3 Å². The van der Waals surface area contributed by atoms with E-state index in [1.165, 1.54) is 28.7 Å². The minimum Gasteiger partial charge on any atom is -0.274 e. The molecule has 0 atom stereocenters. The molecule has 0 N–H and O–H groups in total. The summed E-state index contributed by atoms with van der Waals surface area (Å²) < 4.78 is 1.79. The van der Waals surface area contributed by atoms with E-state index < -0.39 is 0 Å². The van der Waals surface area contributed by atoms with Crippen molar-refractivity contribution in [2.75, 3.05) is 4.90 Å². The summed E-state index contributed by atoms with van der Waals surface area (Å²) in [4.78, 5) is 27.8. The van der Waals surface area contributed by atoms with Crippen molar-refractivity contribution in [3.63, 3.8) is 0 Å². The lowest BCUT2D eigenvalue weighted by atomic mass is 10.1. The predicted octanol–water partition coefficient (Wildman–Crippen LogP) is 5.10. The van der Waals surface area contributed by atoms with E-state index >= 15 is 0 Å². The third kappa shape index (κ3) is 4.20. The molecule has 3 aromatic heterocycles. The number of aryl methyl sites for hydroxylation is 4. The third-order valence-electron chi connectivity index (χ3n) is 5.39. The quantitative estimate of drug-likeness (QED) is 0.392. The number of thioether (sulfide) groups is 1. The standard InChI is InChI=1S/C22H24N6OS2/c1-12-7-8-19(9-13(12)2)27(17(6)29)22-24-18(11-31-22)10-30-21-25-20-23-15(4)14(3)16(5)28(20)26-21/h7-9,11H,10H2,1-6H3. The van der Waals surface area contributed by atoms with Crippen LogP contribution in [0.5, 0.6) is 0 Å². The Morgan fingerprint density at radius 1 is 1.10 bits per heavy atom. The average Bonchev–Trinajstić information content (AvgIpc) is 3.34. The zero-order valence-corrected chi connectivity index (χ0v) is 20.1. The molecule has 0 saturated heterocycles. The SMILES string of the molecule is CC(=O)N(c1ccc(C)c(C)c1)c1nc(CSc2nc3nc(C)c(C)c(C)n3n2)cs1. The van der Waals surface area contributed by atoms with E-state index in [2.05, 4.69) is 22.0 Å². The zero-order valence-electron chi connectivity index (χ0n) is 18.4. The number of aromatic nitrogens is 5. The van der Waals surface area contributed by atoms with Crippen LogP contribution >= 0.6 is 23.1 Å². The molecule has 0 spiro atoms. The molecule has 4 aromatic rings. The highest BCUT2D eigenvalue weighted by Gasteiger charge is 2.19. The second kappa shape index (κ2) is 8.39. The zero-order chi connectivity index (χ0) is 22.3. The highest BCUT2D eigenvalue weighted by molar-refractivity contribution is 7.98. The number of anilines is 2. The molecular weight excluding hydrogens is 428 g/mol. The van der Waals surface area contributed by atoms with Crippen LogP contribution in [0.1, 0.15) is 40.7 Å². The molecule has 0 aliphatic rings. The Hall–Kier alpha value is -2.78. The lowest BCUT2D eigenvalue weighted by Crippen LogP contribution is -2.22. The van der Waals surface area contributed by atoms with Crippen LogP contribution in [0.2, 0.25) is 0 Å². The smallest absolute Gasteiger partial charge is 0.253 e. The molecule has 9 heteroatoms. The summed E-state index contributed by atoms with van der Waals surface area (Å²) in [6, 6.07) is 6.01. The molecule has 160 valence electrons. The van der Waals surface area contributed by atoms with Crippen LogP contribution in [0.4, 0.5) is 10.8 Å². The van der Waals surface area contributed by atoms with Crippen molar-refractivity contribution < 1.29 is 4.79 Å². The summed E-state index contributed by atoms with van der Waals surface area (Å²) in [5.41, 5.74) is 7.18. The van der Waals surface area contributed by atoms with Gasteiger partial charge in [-0.25, -0.2) is 14.5 Å². The Morgan fingerprint density at radius 2 is 1.87 bits per heavy atom. The van der Waals surface area contributed by atoms with Gasteiger partial charge >= 0.3 is 0 Å². The van der Waals surface area contributed by atoms with E-state index in [9.17, 15) is 4.79 Å². The molecular formula is C22H24N6OS2. The molecule has 31 heavy (non-hydrogen) atoms. The molecule has 3 heterocycles. The summed E-state index contributed by atoms with van der Waals surface area (Å²) >= 11 is 2.97. The summed E-state index contributed by atoms with van der Waals surface area (Å²) in [5.74, 6) is 1.16. The van der Waals surface area contributed by atoms with Gasteiger partial charge in [0.05, 0.1) is 11.4 Å². The predicted molar refractivity (Wildman–Crippen MR) is 125 cm³/mol. The normalized spacial score (nSPS) is 11.3. The maximum Gasteiger partial charge on any atom is 0.253 e. The molecule has 1 amide bonds. The fourth-order valence-corrected chi connectivity index (χ4v) is 4.90. The highest BCUT2D eigenvalue weighted by atomic mass is 32.2. The molecule has 0 fully saturated rings. The molecule has 4 rings (SSSR count). The van der Waals surface area contributed by atoms with Crippen LogP contribution in [0.25, 0.3) is 5.78 Å². The monoisotopic (exact) mass is 452 g/mol. The van der Waals surface area contributed by atoms with E-state index in [0.717, 1.165) is 33.9 Å². The fraction of sp³-hybridized carbons (Fsp3) is 0.318. The first kappa shape index (κ1) is 21.5. The lowest BCUT2D eigenvalue weighted by molar-refractivity contribution is -0.115. The Morgan fingerprint density at radius 3 is 2.58 bits per heavy atom. The molecule has 1 aromatic carbocycles. The van der Waals surface area contributed by atoms with Gasteiger partial charge in [-0.1, -0.05) is 17.8 Å². The summed E-state index contributed by atoms with van der Waals surface area (Å²) in [6.07, 6.45) is 0. The van der Waals surface area contributed by atoms with Crippen molar-refractivity contribution in [2.24, 2.45) is 0 Å². The number of hydrogen-bond donors (Lipinski definition) is 0.